The van der Waals surface area contributed by atoms with Crippen LogP contribution < -0.4 is 0 Å². The summed E-state index contributed by atoms with van der Waals surface area (Å²) >= 11 is 1.33. The summed E-state index contributed by atoms with van der Waals surface area (Å²) in [4.78, 5) is 18.8. The molecule has 5 heteroatoms. The summed E-state index contributed by atoms with van der Waals surface area (Å²) in [6.45, 7) is 1.85. The Labute approximate surface area is 119 Å². The zero-order valence-corrected chi connectivity index (χ0v) is 11.6. The van der Waals surface area contributed by atoms with E-state index in [0.29, 0.717) is 5.03 Å². The van der Waals surface area contributed by atoms with Gasteiger partial charge in [-0.05, 0) is 31.2 Å². The highest BCUT2D eigenvalue weighted by atomic mass is 32.2. The maximum atomic E-state index is 11.2. The van der Waals surface area contributed by atoms with Gasteiger partial charge in [-0.1, -0.05) is 30.0 Å². The average Bonchev–Trinajstić information content (AvgIpc) is 2.80. The number of aryl methyl sites for hydroxylation is 1. The fraction of sp³-hybridized carbons (Fsp3) is 0.0667. The summed E-state index contributed by atoms with van der Waals surface area (Å²) in [5.41, 5.74) is 2.05. The number of pyridine rings is 1. The number of carbonyl (C=O) groups is 1. The Morgan fingerprint density at radius 2 is 2.05 bits per heavy atom. The van der Waals surface area contributed by atoms with Gasteiger partial charge in [0.25, 0.3) is 0 Å². The number of hydrogen-bond donors (Lipinski definition) is 2. The molecule has 0 aliphatic heterocycles. The van der Waals surface area contributed by atoms with Gasteiger partial charge in [-0.2, -0.15) is 0 Å². The monoisotopic (exact) mass is 284 g/mol. The van der Waals surface area contributed by atoms with Crippen molar-refractivity contribution in [1.82, 2.24) is 9.97 Å². The molecule has 1 aromatic carbocycles. The van der Waals surface area contributed by atoms with E-state index in [1.165, 1.54) is 11.8 Å². The molecule has 100 valence electrons. The van der Waals surface area contributed by atoms with Crippen molar-refractivity contribution in [3.05, 3.63) is 53.7 Å². The largest absolute Gasteiger partial charge is 0.478 e. The van der Waals surface area contributed by atoms with Crippen LogP contribution in [0.2, 0.25) is 0 Å². The number of rotatable bonds is 3. The fourth-order valence-corrected chi connectivity index (χ4v) is 2.99. The number of carboxylic acids is 1. The molecule has 0 saturated carbocycles. The third kappa shape index (κ3) is 2.40. The van der Waals surface area contributed by atoms with Gasteiger partial charge in [0.1, 0.15) is 5.03 Å². The smallest absolute Gasteiger partial charge is 0.338 e. The molecular weight excluding hydrogens is 272 g/mol. The van der Waals surface area contributed by atoms with Gasteiger partial charge in [0.15, 0.2) is 0 Å². The quantitative estimate of drug-likeness (QED) is 0.769. The maximum absolute atomic E-state index is 11.2. The van der Waals surface area contributed by atoms with Gasteiger partial charge >= 0.3 is 5.97 Å². The van der Waals surface area contributed by atoms with Crippen molar-refractivity contribution >= 4 is 28.6 Å². The van der Waals surface area contributed by atoms with E-state index in [-0.39, 0.29) is 5.56 Å². The first-order valence-corrected chi connectivity index (χ1v) is 6.92. The minimum absolute atomic E-state index is 0.222. The number of benzene rings is 1. The molecule has 0 fully saturated rings. The highest BCUT2D eigenvalue weighted by molar-refractivity contribution is 7.99. The van der Waals surface area contributed by atoms with Crippen LogP contribution in [0.4, 0.5) is 0 Å². The summed E-state index contributed by atoms with van der Waals surface area (Å²) in [5.74, 6) is -0.962. The number of fused-ring (bicyclic) bond motifs is 1. The van der Waals surface area contributed by atoms with Crippen LogP contribution in [0.1, 0.15) is 16.1 Å². The van der Waals surface area contributed by atoms with Gasteiger partial charge in [0, 0.05) is 16.6 Å². The summed E-state index contributed by atoms with van der Waals surface area (Å²) in [7, 11) is 0. The second-order valence-corrected chi connectivity index (χ2v) is 5.46. The van der Waals surface area contributed by atoms with Gasteiger partial charge in [-0.25, -0.2) is 9.78 Å². The van der Waals surface area contributed by atoms with Crippen molar-refractivity contribution < 1.29 is 9.90 Å². The normalized spacial score (nSPS) is 10.8. The lowest BCUT2D eigenvalue weighted by atomic mass is 10.2. The lowest BCUT2D eigenvalue weighted by Gasteiger charge is -2.04. The van der Waals surface area contributed by atoms with Crippen LogP contribution in [-0.4, -0.2) is 21.0 Å². The van der Waals surface area contributed by atoms with E-state index in [4.69, 9.17) is 0 Å². The van der Waals surface area contributed by atoms with E-state index in [1.807, 2.05) is 37.3 Å². The zero-order valence-electron chi connectivity index (χ0n) is 10.8. The Balaban J connectivity index is 2.01. The molecule has 2 N–H and O–H groups in total. The van der Waals surface area contributed by atoms with Crippen LogP contribution >= 0.6 is 11.8 Å². The van der Waals surface area contributed by atoms with E-state index in [0.717, 1.165) is 21.6 Å². The lowest BCUT2D eigenvalue weighted by Crippen LogP contribution is -2.01. The second kappa shape index (κ2) is 5.02. The molecule has 0 aliphatic rings. The van der Waals surface area contributed by atoms with Crippen molar-refractivity contribution in [1.29, 1.82) is 0 Å². The topological polar surface area (TPSA) is 66.0 Å². The van der Waals surface area contributed by atoms with Gasteiger partial charge < -0.3 is 10.1 Å². The van der Waals surface area contributed by atoms with Crippen molar-refractivity contribution in [2.24, 2.45) is 0 Å². The number of carboxylic acid groups (broad SMARTS) is 1. The second-order valence-electron chi connectivity index (χ2n) is 4.43. The molecule has 3 aromatic rings. The Bertz CT molecular complexity index is 762. The molecule has 0 radical (unpaired) electrons. The molecular formula is C15H12N2O2S. The predicted molar refractivity (Wildman–Crippen MR) is 78.4 cm³/mol. The van der Waals surface area contributed by atoms with Crippen LogP contribution in [0.5, 0.6) is 0 Å². The predicted octanol–water partition coefficient (Wildman–Crippen LogP) is 3.72. The molecule has 0 amide bonds. The fourth-order valence-electron chi connectivity index (χ4n) is 1.98. The van der Waals surface area contributed by atoms with Crippen molar-refractivity contribution in [2.45, 2.75) is 17.0 Å². The first kappa shape index (κ1) is 12.7. The first-order chi connectivity index (χ1) is 9.63. The first-order valence-electron chi connectivity index (χ1n) is 6.10. The Hall–Kier alpha value is -2.27. The van der Waals surface area contributed by atoms with Gasteiger partial charge in [-0.3, -0.25) is 0 Å². The van der Waals surface area contributed by atoms with Crippen LogP contribution in [0, 0.1) is 6.92 Å². The van der Waals surface area contributed by atoms with Crippen LogP contribution in [0.15, 0.2) is 52.5 Å². The molecule has 0 bridgehead atoms. The van der Waals surface area contributed by atoms with E-state index in [2.05, 4.69) is 9.97 Å². The molecule has 0 aliphatic carbocycles. The van der Waals surface area contributed by atoms with Crippen LogP contribution in [0.3, 0.4) is 0 Å². The maximum Gasteiger partial charge on any atom is 0.338 e. The number of nitrogens with one attached hydrogen (secondary N) is 1. The number of para-hydroxylation sites is 1. The van der Waals surface area contributed by atoms with Gasteiger partial charge in [0.2, 0.25) is 0 Å². The van der Waals surface area contributed by atoms with Crippen LogP contribution in [-0.2, 0) is 0 Å². The lowest BCUT2D eigenvalue weighted by molar-refractivity contribution is 0.0692. The Kier molecular flexibility index (Phi) is 3.20. The van der Waals surface area contributed by atoms with Crippen molar-refractivity contribution in [3.63, 3.8) is 0 Å². The molecule has 4 nitrogen and oxygen atoms in total. The molecule has 0 atom stereocenters. The number of nitrogens with zero attached hydrogens (tertiary/aromatic N) is 1. The Morgan fingerprint density at radius 1 is 1.25 bits per heavy atom. The van der Waals surface area contributed by atoms with Gasteiger partial charge in [0.05, 0.1) is 10.6 Å². The molecule has 2 heterocycles. The molecule has 3 rings (SSSR count). The highest BCUT2D eigenvalue weighted by Crippen LogP contribution is 2.31. The van der Waals surface area contributed by atoms with Crippen molar-refractivity contribution in [3.8, 4) is 0 Å². The molecule has 0 spiro atoms. The van der Waals surface area contributed by atoms with Gasteiger partial charge in [-0.15, -0.1) is 0 Å². The number of aromatic amines is 1. The minimum Gasteiger partial charge on any atom is -0.478 e. The molecule has 0 unspecified atom stereocenters. The number of hydrogen-bond acceptors (Lipinski definition) is 3. The Morgan fingerprint density at radius 3 is 2.80 bits per heavy atom. The zero-order chi connectivity index (χ0) is 14.1. The number of aromatic carboxylic acids is 1. The number of H-pyrrole nitrogens is 1. The molecule has 2 aromatic heterocycles. The average molecular weight is 284 g/mol. The van der Waals surface area contributed by atoms with E-state index in [1.54, 1.807) is 12.1 Å². The number of aromatic nitrogens is 2. The van der Waals surface area contributed by atoms with E-state index >= 15 is 0 Å². The summed E-state index contributed by atoms with van der Waals surface area (Å²) in [6, 6.07) is 13.2. The summed E-state index contributed by atoms with van der Waals surface area (Å²) in [5, 5.41) is 11.7. The third-order valence-corrected chi connectivity index (χ3v) is 3.89. The third-order valence-electron chi connectivity index (χ3n) is 2.94. The standard InChI is InChI=1S/C15H12N2O2S/c1-9-6-7-11(15(18)19)14(16-9)20-13-8-10-4-2-3-5-12(10)17-13/h2-8,17H,1H3,(H,18,19). The highest BCUT2D eigenvalue weighted by Gasteiger charge is 2.14. The SMILES string of the molecule is Cc1ccc(C(=O)O)c(Sc2cc3ccccc3[nH]2)n1. The summed E-state index contributed by atoms with van der Waals surface area (Å²) < 4.78 is 0. The van der Waals surface area contributed by atoms with Crippen LogP contribution in [0.25, 0.3) is 10.9 Å². The van der Waals surface area contributed by atoms with E-state index in [9.17, 15) is 9.90 Å². The minimum atomic E-state index is -0.962. The summed E-state index contributed by atoms with van der Waals surface area (Å²) in [6.07, 6.45) is 0. The van der Waals surface area contributed by atoms with E-state index < -0.39 is 5.97 Å². The molecule has 0 saturated heterocycles. The molecule has 20 heavy (non-hydrogen) atoms. The van der Waals surface area contributed by atoms with Crippen molar-refractivity contribution in [2.75, 3.05) is 0 Å².